The second-order valence-corrected chi connectivity index (χ2v) is 6.58. The topological polar surface area (TPSA) is 35.5 Å². The number of rotatable bonds is 2. The number of nitrogens with zero attached hydrogens (tertiary/aromatic N) is 5. The Balaban J connectivity index is 1.64. The molecule has 2 aliphatic heterocycles. The number of piperazine rings is 1. The van der Waals surface area contributed by atoms with Gasteiger partial charge in [-0.3, -0.25) is 0 Å². The predicted molar refractivity (Wildman–Crippen MR) is 93.5 cm³/mol. The van der Waals surface area contributed by atoms with Gasteiger partial charge in [-0.1, -0.05) is 18.2 Å². The predicted octanol–water partition coefficient (Wildman–Crippen LogP) is 2.31. The van der Waals surface area contributed by atoms with Crippen molar-refractivity contribution in [1.29, 1.82) is 0 Å². The molecule has 1 aromatic carbocycles. The molecule has 2 aromatic rings. The van der Waals surface area contributed by atoms with Gasteiger partial charge >= 0.3 is 0 Å². The maximum Gasteiger partial charge on any atom is 0.138 e. The first-order chi connectivity index (χ1) is 11.2. The van der Waals surface area contributed by atoms with Crippen LogP contribution < -0.4 is 9.80 Å². The summed E-state index contributed by atoms with van der Waals surface area (Å²) >= 11 is 0. The Bertz CT molecular complexity index is 693. The van der Waals surface area contributed by atoms with Crippen molar-refractivity contribution < 1.29 is 0 Å². The fourth-order valence-corrected chi connectivity index (χ4v) is 3.59. The van der Waals surface area contributed by atoms with Crippen LogP contribution in [0.1, 0.15) is 12.5 Å². The normalized spacial score (nSPS) is 21.6. The van der Waals surface area contributed by atoms with E-state index in [9.17, 15) is 0 Å². The van der Waals surface area contributed by atoms with Crippen LogP contribution in [0.25, 0.3) is 0 Å². The van der Waals surface area contributed by atoms with Crippen molar-refractivity contribution in [3.8, 4) is 0 Å². The fraction of sp³-hybridized carbons (Fsp3) is 0.444. The molecular weight excluding hydrogens is 286 g/mol. The van der Waals surface area contributed by atoms with Gasteiger partial charge in [0.2, 0.25) is 0 Å². The van der Waals surface area contributed by atoms with Crippen LogP contribution in [0.5, 0.6) is 0 Å². The highest BCUT2D eigenvalue weighted by molar-refractivity contribution is 5.70. The molecule has 4 rings (SSSR count). The molecule has 2 aliphatic rings. The Morgan fingerprint density at radius 3 is 2.57 bits per heavy atom. The van der Waals surface area contributed by atoms with E-state index in [4.69, 9.17) is 0 Å². The molecule has 1 fully saturated rings. The minimum atomic E-state index is 0.433. The number of hydrogen-bond donors (Lipinski definition) is 0. The molecule has 0 N–H and O–H groups in total. The summed E-state index contributed by atoms with van der Waals surface area (Å²) in [5, 5.41) is 0. The molecule has 1 atom stereocenters. The number of anilines is 3. The molecule has 23 heavy (non-hydrogen) atoms. The van der Waals surface area contributed by atoms with E-state index >= 15 is 0 Å². The Labute approximate surface area is 137 Å². The monoisotopic (exact) mass is 309 g/mol. The molecule has 0 bridgehead atoms. The zero-order valence-electron chi connectivity index (χ0n) is 13.8. The average Bonchev–Trinajstić information content (AvgIpc) is 2.91. The zero-order chi connectivity index (χ0) is 15.8. The largest absolute Gasteiger partial charge is 0.354 e. The lowest BCUT2D eigenvalue weighted by Crippen LogP contribution is -2.44. The van der Waals surface area contributed by atoms with E-state index in [0.29, 0.717) is 6.04 Å². The number of para-hydroxylation sites is 1. The summed E-state index contributed by atoms with van der Waals surface area (Å²) in [4.78, 5) is 16.1. The summed E-state index contributed by atoms with van der Waals surface area (Å²) in [6.45, 7) is 6.49. The third kappa shape index (κ3) is 2.65. The summed E-state index contributed by atoms with van der Waals surface area (Å²) in [7, 11) is 2.17. The maximum atomic E-state index is 4.56. The van der Waals surface area contributed by atoms with Gasteiger partial charge in [0.15, 0.2) is 0 Å². The molecule has 1 aromatic heterocycles. The van der Waals surface area contributed by atoms with Crippen molar-refractivity contribution in [2.24, 2.45) is 0 Å². The van der Waals surface area contributed by atoms with Crippen LogP contribution >= 0.6 is 0 Å². The molecule has 0 aliphatic carbocycles. The highest BCUT2D eigenvalue weighted by Gasteiger charge is 2.28. The molecule has 0 saturated carbocycles. The Morgan fingerprint density at radius 1 is 1.00 bits per heavy atom. The first-order valence-corrected chi connectivity index (χ1v) is 8.35. The summed E-state index contributed by atoms with van der Waals surface area (Å²) in [5.74, 6) is 2.05. The molecular formula is C18H23N5. The molecule has 0 spiro atoms. The summed E-state index contributed by atoms with van der Waals surface area (Å²) in [5.41, 5.74) is 2.68. The van der Waals surface area contributed by atoms with Crippen LogP contribution in [0.3, 0.4) is 0 Å². The van der Waals surface area contributed by atoms with Crippen molar-refractivity contribution >= 4 is 17.3 Å². The van der Waals surface area contributed by atoms with Crippen molar-refractivity contribution in [2.75, 3.05) is 43.0 Å². The van der Waals surface area contributed by atoms with E-state index in [1.807, 2.05) is 0 Å². The van der Waals surface area contributed by atoms with Gasteiger partial charge in [-0.05, 0) is 32.0 Å². The van der Waals surface area contributed by atoms with E-state index in [0.717, 1.165) is 44.2 Å². The summed E-state index contributed by atoms with van der Waals surface area (Å²) in [6.07, 6.45) is 2.78. The van der Waals surface area contributed by atoms with Crippen molar-refractivity contribution in [3.63, 3.8) is 0 Å². The van der Waals surface area contributed by atoms with Crippen LogP contribution in [0, 0.1) is 0 Å². The van der Waals surface area contributed by atoms with Crippen LogP contribution in [0.2, 0.25) is 0 Å². The standard InChI is InChI=1S/C18H23N5/c1-14-11-15-5-3-4-6-16(15)23(14)18-12-17(19-13-20-18)22-9-7-21(2)8-10-22/h3-6,12-14H,7-11H2,1-2H3. The van der Waals surface area contributed by atoms with Crippen molar-refractivity contribution in [1.82, 2.24) is 14.9 Å². The maximum absolute atomic E-state index is 4.56. The fourth-order valence-electron chi connectivity index (χ4n) is 3.59. The Morgan fingerprint density at radius 2 is 1.74 bits per heavy atom. The van der Waals surface area contributed by atoms with Crippen LogP contribution in [0.15, 0.2) is 36.7 Å². The lowest BCUT2D eigenvalue weighted by Gasteiger charge is -2.33. The molecule has 1 saturated heterocycles. The van der Waals surface area contributed by atoms with Crippen LogP contribution in [-0.4, -0.2) is 54.1 Å². The second-order valence-electron chi connectivity index (χ2n) is 6.58. The minimum Gasteiger partial charge on any atom is -0.354 e. The minimum absolute atomic E-state index is 0.433. The smallest absolute Gasteiger partial charge is 0.138 e. The van der Waals surface area contributed by atoms with E-state index in [-0.39, 0.29) is 0 Å². The highest BCUT2D eigenvalue weighted by atomic mass is 15.3. The molecule has 0 amide bonds. The lowest BCUT2D eigenvalue weighted by atomic mass is 10.1. The number of likely N-dealkylation sites (N-methyl/N-ethyl adjacent to an activating group) is 1. The van der Waals surface area contributed by atoms with E-state index < -0.39 is 0 Å². The second kappa shape index (κ2) is 5.81. The zero-order valence-corrected chi connectivity index (χ0v) is 13.8. The van der Waals surface area contributed by atoms with Gasteiger partial charge in [0.25, 0.3) is 0 Å². The number of aromatic nitrogens is 2. The van der Waals surface area contributed by atoms with Gasteiger partial charge in [0, 0.05) is 44.0 Å². The SMILES string of the molecule is CC1Cc2ccccc2N1c1cc(N2CCN(C)CC2)ncn1. The molecule has 1 unspecified atom stereocenters. The first kappa shape index (κ1) is 14.5. The van der Waals surface area contributed by atoms with Gasteiger partial charge in [-0.2, -0.15) is 0 Å². The van der Waals surface area contributed by atoms with Gasteiger partial charge in [-0.15, -0.1) is 0 Å². The van der Waals surface area contributed by atoms with Gasteiger partial charge < -0.3 is 14.7 Å². The number of benzene rings is 1. The molecule has 120 valence electrons. The van der Waals surface area contributed by atoms with Gasteiger partial charge in [-0.25, -0.2) is 9.97 Å². The third-order valence-electron chi connectivity index (χ3n) is 4.92. The third-order valence-corrected chi connectivity index (χ3v) is 4.92. The number of fused-ring (bicyclic) bond motifs is 1. The summed E-state index contributed by atoms with van der Waals surface area (Å²) in [6, 6.07) is 11.2. The first-order valence-electron chi connectivity index (χ1n) is 8.35. The van der Waals surface area contributed by atoms with Gasteiger partial charge in [0.05, 0.1) is 0 Å². The van der Waals surface area contributed by atoms with E-state index in [1.165, 1.54) is 11.3 Å². The highest BCUT2D eigenvalue weighted by Crippen LogP contribution is 2.37. The molecule has 3 heterocycles. The van der Waals surface area contributed by atoms with Crippen molar-refractivity contribution in [2.45, 2.75) is 19.4 Å². The molecule has 5 nitrogen and oxygen atoms in total. The Hall–Kier alpha value is -2.14. The lowest BCUT2D eigenvalue weighted by molar-refractivity contribution is 0.312. The quantitative estimate of drug-likeness (QED) is 0.851. The van der Waals surface area contributed by atoms with Gasteiger partial charge in [0.1, 0.15) is 18.0 Å². The van der Waals surface area contributed by atoms with E-state index in [2.05, 4.69) is 69.0 Å². The van der Waals surface area contributed by atoms with Crippen molar-refractivity contribution in [3.05, 3.63) is 42.2 Å². The van der Waals surface area contributed by atoms with E-state index in [1.54, 1.807) is 6.33 Å². The van der Waals surface area contributed by atoms with Crippen LogP contribution in [0.4, 0.5) is 17.3 Å². The Kier molecular flexibility index (Phi) is 3.65. The number of hydrogen-bond acceptors (Lipinski definition) is 5. The summed E-state index contributed by atoms with van der Waals surface area (Å²) < 4.78 is 0. The average molecular weight is 309 g/mol. The molecule has 5 heteroatoms. The van der Waals surface area contributed by atoms with Crippen LogP contribution in [-0.2, 0) is 6.42 Å². The molecule has 0 radical (unpaired) electrons.